The monoisotopic (exact) mass is 451 g/mol. The van der Waals surface area contributed by atoms with Gasteiger partial charge in [0.1, 0.15) is 10.6 Å². The molecule has 166 valence electrons. The number of benzene rings is 2. The van der Waals surface area contributed by atoms with Crippen molar-refractivity contribution in [3.05, 3.63) is 53.6 Å². The third-order valence-electron chi connectivity index (χ3n) is 6.98. The predicted octanol–water partition coefficient (Wildman–Crippen LogP) is 3.91. The van der Waals surface area contributed by atoms with Crippen molar-refractivity contribution in [2.24, 2.45) is 0 Å². The second-order valence-electron chi connectivity index (χ2n) is 8.81. The highest BCUT2D eigenvalue weighted by Crippen LogP contribution is 2.58. The minimum Gasteiger partial charge on any atom is -0.495 e. The molecule has 2 heterocycles. The van der Waals surface area contributed by atoms with E-state index in [4.69, 9.17) is 14.0 Å². The van der Waals surface area contributed by atoms with E-state index in [0.29, 0.717) is 22.6 Å². The molecule has 7 nitrogen and oxygen atoms in total. The quantitative estimate of drug-likeness (QED) is 0.612. The fourth-order valence-electron chi connectivity index (χ4n) is 4.89. The standard InChI is InChI=1S/C24H25N3O4S/c1-29-16-13-27(14-16)15-7-8-19-17(11-15)22-18(12-24(19)9-10-24)23(25-31-22)26-32(28)21-6-4-3-5-20(21)30-2/h3-8,11,16H,9-10,12-14H2,1-2H3,(H,25,26). The zero-order chi connectivity index (χ0) is 21.9. The number of anilines is 2. The molecular formula is C24H25N3O4S. The van der Waals surface area contributed by atoms with E-state index < -0.39 is 11.0 Å². The molecule has 2 aliphatic carbocycles. The van der Waals surface area contributed by atoms with Gasteiger partial charge in [-0.1, -0.05) is 23.4 Å². The molecular weight excluding hydrogens is 426 g/mol. The smallest absolute Gasteiger partial charge is 0.185 e. The Morgan fingerprint density at radius 3 is 2.75 bits per heavy atom. The number of hydrogen-bond acceptors (Lipinski definition) is 6. The average Bonchev–Trinajstić information content (AvgIpc) is 3.45. The van der Waals surface area contributed by atoms with Gasteiger partial charge >= 0.3 is 0 Å². The molecule has 3 aromatic rings. The van der Waals surface area contributed by atoms with Crippen LogP contribution in [0.1, 0.15) is 24.0 Å². The van der Waals surface area contributed by atoms with E-state index in [2.05, 4.69) is 33.0 Å². The van der Waals surface area contributed by atoms with E-state index in [9.17, 15) is 4.21 Å². The Balaban J connectivity index is 1.34. The number of nitrogens with zero attached hydrogens (tertiary/aromatic N) is 2. The number of ether oxygens (including phenoxy) is 2. The number of para-hydroxylation sites is 1. The van der Waals surface area contributed by atoms with Crippen LogP contribution in [0.3, 0.4) is 0 Å². The first-order chi connectivity index (χ1) is 15.6. The van der Waals surface area contributed by atoms with Crippen LogP contribution in [-0.2, 0) is 27.6 Å². The van der Waals surface area contributed by atoms with Crippen LogP contribution < -0.4 is 14.4 Å². The van der Waals surface area contributed by atoms with Crippen molar-refractivity contribution in [1.82, 2.24) is 5.16 Å². The van der Waals surface area contributed by atoms with Crippen LogP contribution in [0.5, 0.6) is 5.75 Å². The summed E-state index contributed by atoms with van der Waals surface area (Å²) in [5.41, 5.74) is 4.76. The lowest BCUT2D eigenvalue weighted by Gasteiger charge is -2.40. The highest BCUT2D eigenvalue weighted by Gasteiger charge is 2.50. The summed E-state index contributed by atoms with van der Waals surface area (Å²) in [5.74, 6) is 1.91. The van der Waals surface area contributed by atoms with Crippen molar-refractivity contribution in [2.45, 2.75) is 35.7 Å². The van der Waals surface area contributed by atoms with E-state index in [1.54, 1.807) is 26.4 Å². The van der Waals surface area contributed by atoms with Gasteiger partial charge < -0.3 is 18.9 Å². The molecule has 1 aromatic heterocycles. The molecule has 0 radical (unpaired) electrons. The van der Waals surface area contributed by atoms with Crippen LogP contribution in [0, 0.1) is 0 Å². The Labute approximate surface area is 189 Å². The summed E-state index contributed by atoms with van der Waals surface area (Å²) in [7, 11) is 1.82. The number of nitrogens with one attached hydrogen (secondary N) is 1. The lowest BCUT2D eigenvalue weighted by molar-refractivity contribution is 0.0788. The van der Waals surface area contributed by atoms with E-state index in [0.717, 1.165) is 49.2 Å². The molecule has 1 atom stereocenters. The first-order valence-corrected chi connectivity index (χ1v) is 12.0. The number of hydrogen-bond donors (Lipinski definition) is 1. The second-order valence-corrected chi connectivity index (χ2v) is 9.99. The van der Waals surface area contributed by atoms with Gasteiger partial charge in [0.2, 0.25) is 0 Å². The fraction of sp³-hybridized carbons (Fsp3) is 0.375. The number of aromatic nitrogens is 1. The largest absolute Gasteiger partial charge is 0.495 e. The highest BCUT2D eigenvalue weighted by atomic mass is 32.2. The molecule has 8 heteroatoms. The van der Waals surface area contributed by atoms with Crippen LogP contribution in [-0.4, -0.2) is 42.8 Å². The Kier molecular flexibility index (Phi) is 4.55. The maximum absolute atomic E-state index is 13.1. The van der Waals surface area contributed by atoms with Crippen molar-refractivity contribution < 1.29 is 18.2 Å². The van der Waals surface area contributed by atoms with Gasteiger partial charge in [0, 0.05) is 42.4 Å². The summed E-state index contributed by atoms with van der Waals surface area (Å²) in [6, 6.07) is 14.0. The second kappa shape index (κ2) is 7.35. The van der Waals surface area contributed by atoms with Crippen LogP contribution in [0.4, 0.5) is 11.5 Å². The maximum Gasteiger partial charge on any atom is 0.185 e. The molecule has 3 aliphatic rings. The van der Waals surface area contributed by atoms with Crippen molar-refractivity contribution in [3.8, 4) is 17.1 Å². The average molecular weight is 452 g/mol. The molecule has 1 saturated heterocycles. The highest BCUT2D eigenvalue weighted by molar-refractivity contribution is 7.86. The summed E-state index contributed by atoms with van der Waals surface area (Å²) in [6.07, 6.45) is 3.43. The zero-order valence-electron chi connectivity index (χ0n) is 18.1. The summed E-state index contributed by atoms with van der Waals surface area (Å²) >= 11 is 0. The van der Waals surface area contributed by atoms with Gasteiger partial charge in [0.05, 0.1) is 13.2 Å². The van der Waals surface area contributed by atoms with Crippen molar-refractivity contribution in [2.75, 3.05) is 36.9 Å². The lowest BCUT2D eigenvalue weighted by Crippen LogP contribution is -2.51. The molecule has 1 spiro atoms. The summed E-state index contributed by atoms with van der Waals surface area (Å²) in [5, 5.41) is 4.29. The molecule has 0 bridgehead atoms. The number of fused-ring (bicyclic) bond motifs is 4. The van der Waals surface area contributed by atoms with Gasteiger partial charge in [0.25, 0.3) is 0 Å². The topological polar surface area (TPSA) is 76.8 Å². The first-order valence-electron chi connectivity index (χ1n) is 10.8. The van der Waals surface area contributed by atoms with Crippen molar-refractivity contribution in [1.29, 1.82) is 0 Å². The predicted molar refractivity (Wildman–Crippen MR) is 123 cm³/mol. The van der Waals surface area contributed by atoms with E-state index >= 15 is 0 Å². The van der Waals surface area contributed by atoms with Crippen LogP contribution in [0.2, 0.25) is 0 Å². The Bertz CT molecular complexity index is 1210. The normalized spacial score (nSPS) is 19.1. The summed E-state index contributed by atoms with van der Waals surface area (Å²) in [4.78, 5) is 2.89. The summed E-state index contributed by atoms with van der Waals surface area (Å²) in [6.45, 7) is 1.79. The van der Waals surface area contributed by atoms with Crippen molar-refractivity contribution in [3.63, 3.8) is 0 Å². The molecule has 1 aliphatic heterocycles. The van der Waals surface area contributed by atoms with E-state index in [1.807, 2.05) is 12.1 Å². The van der Waals surface area contributed by atoms with E-state index in [1.165, 1.54) is 11.3 Å². The number of methoxy groups -OCH3 is 2. The first kappa shape index (κ1) is 19.8. The third kappa shape index (κ3) is 3.04. The molecule has 2 fully saturated rings. The minimum atomic E-state index is -1.51. The van der Waals surface area contributed by atoms with Crippen LogP contribution >= 0.6 is 0 Å². The molecule has 2 aromatic carbocycles. The van der Waals surface area contributed by atoms with Gasteiger partial charge in [-0.2, -0.15) is 0 Å². The molecule has 1 saturated carbocycles. The molecule has 1 unspecified atom stereocenters. The zero-order valence-corrected chi connectivity index (χ0v) is 18.9. The third-order valence-corrected chi connectivity index (χ3v) is 8.10. The Morgan fingerprint density at radius 1 is 1.19 bits per heavy atom. The van der Waals surface area contributed by atoms with Gasteiger partial charge in [-0.3, -0.25) is 4.72 Å². The van der Waals surface area contributed by atoms with E-state index in [-0.39, 0.29) is 5.41 Å². The Morgan fingerprint density at radius 2 is 2.00 bits per heavy atom. The molecule has 1 N–H and O–H groups in total. The van der Waals surface area contributed by atoms with Gasteiger partial charge in [-0.25, -0.2) is 4.21 Å². The molecule has 32 heavy (non-hydrogen) atoms. The molecule has 6 rings (SSSR count). The minimum absolute atomic E-state index is 0.138. The number of rotatable bonds is 6. The lowest BCUT2D eigenvalue weighted by atomic mass is 9.79. The van der Waals surface area contributed by atoms with Crippen LogP contribution in [0.15, 0.2) is 51.9 Å². The SMILES string of the molecule is COc1ccccc1S(=O)Nc1noc2c1CC1(CC1)c1ccc(N3CC(OC)C3)cc1-2. The van der Waals surface area contributed by atoms with Crippen LogP contribution in [0.25, 0.3) is 11.3 Å². The Hall–Kier alpha value is -2.84. The maximum atomic E-state index is 13.1. The van der Waals surface area contributed by atoms with Gasteiger partial charge in [-0.15, -0.1) is 0 Å². The van der Waals surface area contributed by atoms with Gasteiger partial charge in [0.15, 0.2) is 22.6 Å². The summed E-state index contributed by atoms with van der Waals surface area (Å²) < 4.78 is 32.8. The van der Waals surface area contributed by atoms with Gasteiger partial charge in [-0.05, 0) is 49.1 Å². The fourth-order valence-corrected chi connectivity index (χ4v) is 5.87. The molecule has 0 amide bonds. The van der Waals surface area contributed by atoms with Crippen molar-refractivity contribution >= 4 is 22.5 Å².